The molecule has 0 saturated heterocycles. The van der Waals surface area contributed by atoms with E-state index in [0.29, 0.717) is 22.8 Å². The molecule has 0 radical (unpaired) electrons. The van der Waals surface area contributed by atoms with Gasteiger partial charge in [0, 0.05) is 5.56 Å². The van der Waals surface area contributed by atoms with Crippen molar-refractivity contribution < 1.29 is 9.53 Å². The molecule has 1 aromatic carbocycles. The fourth-order valence-corrected chi connectivity index (χ4v) is 1.54. The summed E-state index contributed by atoms with van der Waals surface area (Å²) in [6.45, 7) is 3.59. The number of carbonyl (C=O) groups is 1. The standard InChI is InChI=1S/C12H12N4O2/c1-7-4-9(6-10(5-7)12(17)18-3)11-15-13-8(2)14-16-11/h4-6H,1-3H3. The number of hydrogen-bond donors (Lipinski definition) is 0. The molecule has 0 atom stereocenters. The van der Waals surface area contributed by atoms with E-state index in [9.17, 15) is 4.79 Å². The van der Waals surface area contributed by atoms with Crippen LogP contribution in [-0.4, -0.2) is 33.5 Å². The Labute approximate surface area is 104 Å². The first-order valence-electron chi connectivity index (χ1n) is 5.34. The fraction of sp³-hybridized carbons (Fsp3) is 0.250. The van der Waals surface area contributed by atoms with Crippen molar-refractivity contribution in [3.05, 3.63) is 35.2 Å². The van der Waals surface area contributed by atoms with Gasteiger partial charge in [0.15, 0.2) is 5.82 Å². The predicted octanol–water partition coefficient (Wildman–Crippen LogP) is 1.34. The molecule has 0 saturated carbocycles. The average molecular weight is 244 g/mol. The third kappa shape index (κ3) is 2.48. The first-order valence-corrected chi connectivity index (χ1v) is 5.34. The van der Waals surface area contributed by atoms with Gasteiger partial charge in [-0.2, -0.15) is 0 Å². The molecule has 18 heavy (non-hydrogen) atoms. The molecule has 0 fully saturated rings. The highest BCUT2D eigenvalue weighted by atomic mass is 16.5. The Hall–Kier alpha value is -2.37. The van der Waals surface area contributed by atoms with E-state index in [2.05, 4.69) is 20.4 Å². The number of methoxy groups -OCH3 is 1. The second kappa shape index (κ2) is 4.87. The van der Waals surface area contributed by atoms with E-state index in [4.69, 9.17) is 4.74 Å². The molecule has 0 N–H and O–H groups in total. The second-order valence-electron chi connectivity index (χ2n) is 3.85. The summed E-state index contributed by atoms with van der Waals surface area (Å²) in [5, 5.41) is 15.6. The minimum absolute atomic E-state index is 0.384. The van der Waals surface area contributed by atoms with Crippen molar-refractivity contribution in [1.29, 1.82) is 0 Å². The molecule has 0 aliphatic carbocycles. The van der Waals surface area contributed by atoms with Crippen molar-refractivity contribution in [2.45, 2.75) is 13.8 Å². The van der Waals surface area contributed by atoms with Crippen LogP contribution in [-0.2, 0) is 4.74 Å². The molecule has 0 aliphatic heterocycles. The van der Waals surface area contributed by atoms with Gasteiger partial charge in [-0.1, -0.05) is 0 Å². The number of benzene rings is 1. The van der Waals surface area contributed by atoms with Crippen LogP contribution in [0.1, 0.15) is 21.7 Å². The number of rotatable bonds is 2. The summed E-state index contributed by atoms with van der Waals surface area (Å²) in [5.74, 6) is 0.488. The normalized spacial score (nSPS) is 10.2. The Morgan fingerprint density at radius 3 is 2.33 bits per heavy atom. The highest BCUT2D eigenvalue weighted by Crippen LogP contribution is 2.18. The monoisotopic (exact) mass is 244 g/mol. The van der Waals surface area contributed by atoms with Crippen LogP contribution in [0.3, 0.4) is 0 Å². The predicted molar refractivity (Wildman–Crippen MR) is 63.9 cm³/mol. The minimum atomic E-state index is -0.395. The Bertz CT molecular complexity index is 581. The molecule has 6 heteroatoms. The SMILES string of the molecule is COC(=O)c1cc(C)cc(-c2nnc(C)nn2)c1. The molecule has 0 aliphatic rings. The second-order valence-corrected chi connectivity index (χ2v) is 3.85. The summed E-state index contributed by atoms with van der Waals surface area (Å²) >= 11 is 0. The maximum absolute atomic E-state index is 11.5. The molecular formula is C12H12N4O2. The lowest BCUT2D eigenvalue weighted by molar-refractivity contribution is 0.0600. The van der Waals surface area contributed by atoms with E-state index < -0.39 is 5.97 Å². The molecule has 0 unspecified atom stereocenters. The van der Waals surface area contributed by atoms with Crippen LogP contribution in [0.4, 0.5) is 0 Å². The van der Waals surface area contributed by atoms with Gasteiger partial charge in [0.2, 0.25) is 5.82 Å². The lowest BCUT2D eigenvalue weighted by Crippen LogP contribution is -2.03. The summed E-state index contributed by atoms with van der Waals surface area (Å²) in [6, 6.07) is 5.26. The zero-order valence-corrected chi connectivity index (χ0v) is 10.3. The maximum Gasteiger partial charge on any atom is 0.337 e. The number of aromatic nitrogens is 4. The molecule has 0 bridgehead atoms. The summed E-state index contributed by atoms with van der Waals surface area (Å²) in [6.07, 6.45) is 0. The van der Waals surface area contributed by atoms with Crippen molar-refractivity contribution in [2.24, 2.45) is 0 Å². The van der Waals surface area contributed by atoms with Crippen LogP contribution in [0.15, 0.2) is 18.2 Å². The van der Waals surface area contributed by atoms with Crippen molar-refractivity contribution in [2.75, 3.05) is 7.11 Å². The van der Waals surface area contributed by atoms with Gasteiger partial charge >= 0.3 is 5.97 Å². The van der Waals surface area contributed by atoms with Crippen molar-refractivity contribution in [3.8, 4) is 11.4 Å². The zero-order valence-electron chi connectivity index (χ0n) is 10.3. The molecule has 6 nitrogen and oxygen atoms in total. The van der Waals surface area contributed by atoms with Crippen LogP contribution in [0.5, 0.6) is 0 Å². The fourth-order valence-electron chi connectivity index (χ4n) is 1.54. The summed E-state index contributed by atoms with van der Waals surface area (Å²) in [4.78, 5) is 11.5. The van der Waals surface area contributed by atoms with Gasteiger partial charge in [-0.25, -0.2) is 4.79 Å². The molecular weight excluding hydrogens is 232 g/mol. The lowest BCUT2D eigenvalue weighted by atomic mass is 10.1. The van der Waals surface area contributed by atoms with Crippen molar-refractivity contribution >= 4 is 5.97 Å². The number of carbonyl (C=O) groups excluding carboxylic acids is 1. The van der Waals surface area contributed by atoms with Gasteiger partial charge in [-0.15, -0.1) is 20.4 Å². The Balaban J connectivity index is 2.48. The number of aryl methyl sites for hydroxylation is 2. The van der Waals surface area contributed by atoms with Crippen molar-refractivity contribution in [1.82, 2.24) is 20.4 Å². The van der Waals surface area contributed by atoms with E-state index in [1.807, 2.05) is 13.0 Å². The molecule has 2 rings (SSSR count). The van der Waals surface area contributed by atoms with Gasteiger partial charge in [-0.05, 0) is 37.6 Å². The largest absolute Gasteiger partial charge is 0.465 e. The van der Waals surface area contributed by atoms with Gasteiger partial charge in [-0.3, -0.25) is 0 Å². The van der Waals surface area contributed by atoms with E-state index in [-0.39, 0.29) is 0 Å². The molecule has 1 heterocycles. The molecule has 0 spiro atoms. The quantitative estimate of drug-likeness (QED) is 0.742. The van der Waals surface area contributed by atoms with E-state index in [1.165, 1.54) is 7.11 Å². The van der Waals surface area contributed by atoms with Crippen LogP contribution < -0.4 is 0 Å². The van der Waals surface area contributed by atoms with Crippen LogP contribution in [0, 0.1) is 13.8 Å². The summed E-state index contributed by atoms with van der Waals surface area (Å²) < 4.78 is 4.69. The Morgan fingerprint density at radius 2 is 1.72 bits per heavy atom. The molecule has 2 aromatic rings. The van der Waals surface area contributed by atoms with Gasteiger partial charge in [0.05, 0.1) is 12.7 Å². The molecule has 1 aromatic heterocycles. The number of nitrogens with zero attached hydrogens (tertiary/aromatic N) is 4. The highest BCUT2D eigenvalue weighted by molar-refractivity contribution is 5.91. The van der Waals surface area contributed by atoms with Gasteiger partial charge < -0.3 is 4.74 Å². The zero-order chi connectivity index (χ0) is 13.1. The maximum atomic E-state index is 11.5. The third-order valence-corrected chi connectivity index (χ3v) is 2.34. The van der Waals surface area contributed by atoms with Crippen LogP contribution in [0.2, 0.25) is 0 Å². The smallest absolute Gasteiger partial charge is 0.337 e. The Kier molecular flexibility index (Phi) is 3.27. The van der Waals surface area contributed by atoms with E-state index in [0.717, 1.165) is 5.56 Å². The topological polar surface area (TPSA) is 77.9 Å². The van der Waals surface area contributed by atoms with Crippen molar-refractivity contribution in [3.63, 3.8) is 0 Å². The van der Waals surface area contributed by atoms with Crippen LogP contribution in [0.25, 0.3) is 11.4 Å². The summed E-state index contributed by atoms with van der Waals surface area (Å²) in [7, 11) is 1.34. The highest BCUT2D eigenvalue weighted by Gasteiger charge is 2.10. The van der Waals surface area contributed by atoms with E-state index in [1.54, 1.807) is 19.1 Å². The van der Waals surface area contributed by atoms with Gasteiger partial charge in [0.25, 0.3) is 0 Å². The number of hydrogen-bond acceptors (Lipinski definition) is 6. The van der Waals surface area contributed by atoms with E-state index >= 15 is 0 Å². The average Bonchev–Trinajstić information content (AvgIpc) is 2.38. The molecule has 0 amide bonds. The molecule has 92 valence electrons. The van der Waals surface area contributed by atoms with Crippen LogP contribution >= 0.6 is 0 Å². The third-order valence-electron chi connectivity index (χ3n) is 2.34. The lowest BCUT2D eigenvalue weighted by Gasteiger charge is -2.04. The van der Waals surface area contributed by atoms with Gasteiger partial charge in [0.1, 0.15) is 0 Å². The number of esters is 1. The summed E-state index contributed by atoms with van der Waals surface area (Å²) in [5.41, 5.74) is 2.06. The minimum Gasteiger partial charge on any atom is -0.465 e. The first kappa shape index (κ1) is 12.1. The Morgan fingerprint density at radius 1 is 1.06 bits per heavy atom. The number of ether oxygens (including phenoxy) is 1. The first-order chi connectivity index (χ1) is 8.60.